The molecule has 0 saturated carbocycles. The number of esters is 1. The highest BCUT2D eigenvalue weighted by Crippen LogP contribution is 2.29. The highest BCUT2D eigenvalue weighted by atomic mass is 16.5. The molecule has 0 bridgehead atoms. The second kappa shape index (κ2) is 7.52. The van der Waals surface area contributed by atoms with Crippen LogP contribution in [0.1, 0.15) is 39.9 Å². The van der Waals surface area contributed by atoms with Gasteiger partial charge in [-0.2, -0.15) is 5.10 Å². The molecule has 5 nitrogen and oxygen atoms in total. The van der Waals surface area contributed by atoms with Crippen molar-refractivity contribution in [2.24, 2.45) is 5.10 Å². The van der Waals surface area contributed by atoms with Crippen molar-refractivity contribution in [2.45, 2.75) is 32.7 Å². The molecule has 1 heterocycles. The SMILES string of the molecule is CCOC(=O)C1=NN[C@@H](C(=O)c2ccc(C)cc2)[C@@H]1c1ccc(C)cc1. The molecule has 2 aromatic rings. The molecule has 0 radical (unpaired) electrons. The van der Waals surface area contributed by atoms with E-state index in [1.54, 1.807) is 19.1 Å². The molecule has 1 aliphatic rings. The Kier molecular flexibility index (Phi) is 5.16. The van der Waals surface area contributed by atoms with Crippen molar-refractivity contribution in [3.05, 3.63) is 70.8 Å². The van der Waals surface area contributed by atoms with Gasteiger partial charge in [-0.25, -0.2) is 4.79 Å². The van der Waals surface area contributed by atoms with Crippen molar-refractivity contribution in [1.82, 2.24) is 5.43 Å². The fourth-order valence-electron chi connectivity index (χ4n) is 3.05. The highest BCUT2D eigenvalue weighted by molar-refractivity contribution is 6.40. The summed E-state index contributed by atoms with van der Waals surface area (Å²) in [7, 11) is 0. The van der Waals surface area contributed by atoms with E-state index >= 15 is 0 Å². The molecule has 0 unspecified atom stereocenters. The van der Waals surface area contributed by atoms with E-state index in [-0.39, 0.29) is 18.1 Å². The number of rotatable bonds is 5. The molecule has 0 amide bonds. The summed E-state index contributed by atoms with van der Waals surface area (Å²) in [6, 6.07) is 14.5. The number of hydrazone groups is 1. The minimum Gasteiger partial charge on any atom is -0.461 e. The van der Waals surface area contributed by atoms with Crippen LogP contribution in [0, 0.1) is 13.8 Å². The van der Waals surface area contributed by atoms with E-state index in [1.165, 1.54) is 0 Å². The molecule has 1 N–H and O–H groups in total. The van der Waals surface area contributed by atoms with E-state index < -0.39 is 17.9 Å². The lowest BCUT2D eigenvalue weighted by Gasteiger charge is -2.20. The fourth-order valence-corrected chi connectivity index (χ4v) is 3.05. The predicted molar refractivity (Wildman–Crippen MR) is 100 cm³/mol. The van der Waals surface area contributed by atoms with Crippen LogP contribution in [0.2, 0.25) is 0 Å². The first-order valence-corrected chi connectivity index (χ1v) is 8.69. The lowest BCUT2D eigenvalue weighted by molar-refractivity contribution is -0.135. The zero-order valence-electron chi connectivity index (χ0n) is 15.2. The van der Waals surface area contributed by atoms with Crippen LogP contribution in [0.3, 0.4) is 0 Å². The summed E-state index contributed by atoms with van der Waals surface area (Å²) in [4.78, 5) is 25.4. The summed E-state index contributed by atoms with van der Waals surface area (Å²) in [5.41, 5.74) is 6.73. The van der Waals surface area contributed by atoms with Gasteiger partial charge >= 0.3 is 5.97 Å². The van der Waals surface area contributed by atoms with E-state index in [2.05, 4.69) is 10.5 Å². The van der Waals surface area contributed by atoms with Crippen molar-refractivity contribution in [3.63, 3.8) is 0 Å². The molecule has 0 aliphatic carbocycles. The number of carbonyl (C=O) groups excluding carboxylic acids is 2. The molecular weight excluding hydrogens is 328 g/mol. The van der Waals surface area contributed by atoms with Crippen LogP contribution < -0.4 is 5.43 Å². The number of ether oxygens (including phenoxy) is 1. The summed E-state index contributed by atoms with van der Waals surface area (Å²) >= 11 is 0. The zero-order chi connectivity index (χ0) is 18.7. The van der Waals surface area contributed by atoms with Gasteiger partial charge in [0.25, 0.3) is 0 Å². The van der Waals surface area contributed by atoms with Crippen LogP contribution in [0.4, 0.5) is 0 Å². The van der Waals surface area contributed by atoms with Gasteiger partial charge in [0, 0.05) is 5.56 Å². The largest absolute Gasteiger partial charge is 0.461 e. The van der Waals surface area contributed by atoms with Gasteiger partial charge in [-0.05, 0) is 26.3 Å². The molecule has 1 aliphatic heterocycles. The van der Waals surface area contributed by atoms with E-state index in [0.717, 1.165) is 16.7 Å². The standard InChI is InChI=1S/C21H22N2O3/c1-4-26-21(25)19-17(15-9-5-13(2)6-10-15)18(22-23-19)20(24)16-11-7-14(3)8-12-16/h5-12,17-18,22H,4H2,1-3H3/t17-,18+/m0/s1. The average Bonchev–Trinajstić information content (AvgIpc) is 3.08. The van der Waals surface area contributed by atoms with Crippen molar-refractivity contribution in [3.8, 4) is 0 Å². The van der Waals surface area contributed by atoms with Gasteiger partial charge in [0.1, 0.15) is 6.04 Å². The van der Waals surface area contributed by atoms with Gasteiger partial charge in [-0.3, -0.25) is 10.2 Å². The summed E-state index contributed by atoms with van der Waals surface area (Å²) in [5, 5.41) is 4.15. The van der Waals surface area contributed by atoms with E-state index in [4.69, 9.17) is 4.74 Å². The van der Waals surface area contributed by atoms with E-state index in [1.807, 2.05) is 50.2 Å². The number of hydrogen-bond donors (Lipinski definition) is 1. The van der Waals surface area contributed by atoms with Crippen LogP contribution in [0.15, 0.2) is 53.6 Å². The van der Waals surface area contributed by atoms with Crippen molar-refractivity contribution >= 4 is 17.5 Å². The molecule has 3 rings (SSSR count). The molecule has 134 valence electrons. The molecule has 0 fully saturated rings. The Hall–Kier alpha value is -2.95. The molecule has 0 aromatic heterocycles. The van der Waals surface area contributed by atoms with Gasteiger partial charge in [0.05, 0.1) is 12.5 Å². The Morgan fingerprint density at radius 3 is 2.15 bits per heavy atom. The molecule has 5 heteroatoms. The molecule has 2 atom stereocenters. The first-order chi connectivity index (χ1) is 12.5. The monoisotopic (exact) mass is 350 g/mol. The molecule has 0 saturated heterocycles. The van der Waals surface area contributed by atoms with Crippen LogP contribution >= 0.6 is 0 Å². The third-order valence-corrected chi connectivity index (χ3v) is 4.49. The number of carbonyl (C=O) groups is 2. The average molecular weight is 350 g/mol. The second-order valence-corrected chi connectivity index (χ2v) is 6.44. The highest BCUT2D eigenvalue weighted by Gasteiger charge is 2.41. The van der Waals surface area contributed by atoms with Crippen LogP contribution in [-0.2, 0) is 9.53 Å². The number of Topliss-reactive ketones (excluding diaryl/α,β-unsaturated/α-hetero) is 1. The summed E-state index contributed by atoms with van der Waals surface area (Å²) in [5.74, 6) is -1.08. The third-order valence-electron chi connectivity index (χ3n) is 4.49. The first-order valence-electron chi connectivity index (χ1n) is 8.69. The smallest absolute Gasteiger partial charge is 0.355 e. The molecule has 2 aromatic carbocycles. The number of aryl methyl sites for hydroxylation is 2. The Balaban J connectivity index is 1.96. The predicted octanol–water partition coefficient (Wildman–Crippen LogP) is 3.16. The Bertz CT molecular complexity index is 839. The lowest BCUT2D eigenvalue weighted by atomic mass is 9.84. The van der Waals surface area contributed by atoms with Crippen molar-refractivity contribution < 1.29 is 14.3 Å². The summed E-state index contributed by atoms with van der Waals surface area (Å²) in [6.07, 6.45) is 0. The number of nitrogens with one attached hydrogen (secondary N) is 1. The van der Waals surface area contributed by atoms with Gasteiger partial charge in [-0.15, -0.1) is 0 Å². The van der Waals surface area contributed by atoms with Crippen LogP contribution in [0.25, 0.3) is 0 Å². The maximum atomic E-state index is 13.0. The lowest BCUT2D eigenvalue weighted by Crippen LogP contribution is -2.37. The minimum atomic E-state index is -0.639. The zero-order valence-corrected chi connectivity index (χ0v) is 15.2. The minimum absolute atomic E-state index is 0.0985. The maximum absolute atomic E-state index is 13.0. The number of nitrogens with zero attached hydrogens (tertiary/aromatic N) is 1. The van der Waals surface area contributed by atoms with Crippen LogP contribution in [-0.4, -0.2) is 30.1 Å². The molecule has 26 heavy (non-hydrogen) atoms. The van der Waals surface area contributed by atoms with E-state index in [9.17, 15) is 9.59 Å². The Labute approximate surface area is 153 Å². The van der Waals surface area contributed by atoms with Gasteiger partial charge < -0.3 is 4.74 Å². The molecule has 0 spiro atoms. The van der Waals surface area contributed by atoms with Crippen LogP contribution in [0.5, 0.6) is 0 Å². The maximum Gasteiger partial charge on any atom is 0.355 e. The van der Waals surface area contributed by atoms with Gasteiger partial charge in [-0.1, -0.05) is 59.7 Å². The van der Waals surface area contributed by atoms with Crippen molar-refractivity contribution in [2.75, 3.05) is 6.61 Å². The fraction of sp³-hybridized carbons (Fsp3) is 0.286. The van der Waals surface area contributed by atoms with Gasteiger partial charge in [0.15, 0.2) is 11.5 Å². The molecular formula is C21H22N2O3. The normalized spacial score (nSPS) is 18.8. The number of benzene rings is 2. The topological polar surface area (TPSA) is 67.8 Å². The van der Waals surface area contributed by atoms with Crippen molar-refractivity contribution in [1.29, 1.82) is 0 Å². The Morgan fingerprint density at radius 1 is 1.00 bits per heavy atom. The second-order valence-electron chi connectivity index (χ2n) is 6.44. The summed E-state index contributed by atoms with van der Waals surface area (Å²) < 4.78 is 5.13. The summed E-state index contributed by atoms with van der Waals surface area (Å²) in [6.45, 7) is 5.97. The quantitative estimate of drug-likeness (QED) is 0.664. The van der Waals surface area contributed by atoms with Gasteiger partial charge in [0.2, 0.25) is 0 Å². The Morgan fingerprint density at radius 2 is 1.58 bits per heavy atom. The number of ketones is 1. The first kappa shape index (κ1) is 17.9. The van der Waals surface area contributed by atoms with E-state index in [0.29, 0.717) is 5.56 Å². The third kappa shape index (κ3) is 3.52. The number of hydrogen-bond acceptors (Lipinski definition) is 5.